The van der Waals surface area contributed by atoms with Gasteiger partial charge in [0.2, 0.25) is 5.91 Å². The number of imide groups is 1. The Morgan fingerprint density at radius 3 is 2.71 bits per heavy atom. The highest BCUT2D eigenvalue weighted by Gasteiger charge is 2.35. The lowest BCUT2D eigenvalue weighted by Crippen LogP contribution is -2.39. The predicted molar refractivity (Wildman–Crippen MR) is 105 cm³/mol. The van der Waals surface area contributed by atoms with Gasteiger partial charge in [0.05, 0.1) is 18.3 Å². The first-order valence-electron chi connectivity index (χ1n) is 8.42. The van der Waals surface area contributed by atoms with Crippen molar-refractivity contribution < 1.29 is 23.5 Å². The van der Waals surface area contributed by atoms with Crippen LogP contribution in [-0.2, 0) is 16.1 Å². The number of thioether (sulfide) groups is 1. The molecule has 2 heterocycles. The van der Waals surface area contributed by atoms with Crippen molar-refractivity contribution >= 4 is 34.9 Å². The maximum atomic E-state index is 12.4. The summed E-state index contributed by atoms with van der Waals surface area (Å²) in [5.41, 5.74) is 0.881. The summed E-state index contributed by atoms with van der Waals surface area (Å²) >= 11 is 0.802. The van der Waals surface area contributed by atoms with Gasteiger partial charge in [-0.15, -0.1) is 0 Å². The molecule has 0 unspecified atom stereocenters. The van der Waals surface area contributed by atoms with E-state index in [-0.39, 0.29) is 11.4 Å². The molecular weight excluding hydrogens is 380 g/mol. The van der Waals surface area contributed by atoms with Crippen LogP contribution in [0.2, 0.25) is 0 Å². The van der Waals surface area contributed by atoms with E-state index >= 15 is 0 Å². The van der Waals surface area contributed by atoms with Crippen LogP contribution in [0.25, 0.3) is 6.08 Å². The summed E-state index contributed by atoms with van der Waals surface area (Å²) in [6.07, 6.45) is 6.37. The highest BCUT2D eigenvalue weighted by atomic mass is 32.2. The molecular formula is C20H18N2O5S. The monoisotopic (exact) mass is 398 g/mol. The molecule has 1 fully saturated rings. The molecule has 0 spiro atoms. The van der Waals surface area contributed by atoms with Gasteiger partial charge in [0.25, 0.3) is 11.1 Å². The van der Waals surface area contributed by atoms with Crippen molar-refractivity contribution in [2.45, 2.75) is 6.54 Å². The molecule has 1 aliphatic heterocycles. The Kier molecular flexibility index (Phi) is 6.33. The minimum atomic E-state index is -0.487. The Morgan fingerprint density at radius 1 is 1.25 bits per heavy atom. The lowest BCUT2D eigenvalue weighted by Gasteiger charge is -2.12. The number of ether oxygens (including phenoxy) is 1. The molecule has 1 aromatic heterocycles. The van der Waals surface area contributed by atoms with Crippen LogP contribution in [-0.4, -0.2) is 35.6 Å². The lowest BCUT2D eigenvalue weighted by molar-refractivity contribution is -0.129. The molecule has 0 atom stereocenters. The number of methoxy groups -OCH3 is 1. The van der Waals surface area contributed by atoms with Gasteiger partial charge in [0.1, 0.15) is 18.1 Å². The first-order chi connectivity index (χ1) is 13.6. The quantitative estimate of drug-likeness (QED) is 0.721. The van der Waals surface area contributed by atoms with Gasteiger partial charge < -0.3 is 14.5 Å². The average molecular weight is 398 g/mol. The lowest BCUT2D eigenvalue weighted by atomic mass is 10.2. The molecule has 0 saturated carbocycles. The van der Waals surface area contributed by atoms with E-state index in [1.807, 2.05) is 12.1 Å². The zero-order chi connectivity index (χ0) is 19.9. The number of amides is 3. The Hall–Kier alpha value is -3.26. The molecule has 1 aliphatic rings. The maximum Gasteiger partial charge on any atom is 0.294 e. The second kappa shape index (κ2) is 9.09. The van der Waals surface area contributed by atoms with Crippen LogP contribution in [0.1, 0.15) is 11.3 Å². The molecule has 0 aliphatic carbocycles. The van der Waals surface area contributed by atoms with Gasteiger partial charge in [-0.25, -0.2) is 0 Å². The van der Waals surface area contributed by atoms with Gasteiger partial charge >= 0.3 is 0 Å². The SMILES string of the molecule is COc1ccc(CNC(=O)CN2C(=O)S/C(=C\C=C\c3ccco3)C2=O)cc1. The summed E-state index contributed by atoms with van der Waals surface area (Å²) in [5, 5.41) is 2.23. The fourth-order valence-corrected chi connectivity index (χ4v) is 3.20. The number of allylic oxidation sites excluding steroid dienone is 2. The van der Waals surface area contributed by atoms with E-state index in [1.165, 1.54) is 12.3 Å². The number of hydrogen-bond donors (Lipinski definition) is 1. The molecule has 3 amide bonds. The third-order valence-electron chi connectivity index (χ3n) is 3.88. The molecule has 28 heavy (non-hydrogen) atoms. The number of carbonyl (C=O) groups excluding carboxylic acids is 3. The molecule has 8 heteroatoms. The molecule has 2 aromatic rings. The summed E-state index contributed by atoms with van der Waals surface area (Å²) < 4.78 is 10.2. The Balaban J connectivity index is 1.53. The van der Waals surface area contributed by atoms with Gasteiger partial charge in [-0.05, 0) is 53.7 Å². The second-order valence-corrected chi connectivity index (χ2v) is 6.78. The average Bonchev–Trinajstić information content (AvgIpc) is 3.31. The fraction of sp³-hybridized carbons (Fsp3) is 0.150. The third kappa shape index (κ3) is 4.92. The van der Waals surface area contributed by atoms with Crippen LogP contribution in [0.3, 0.4) is 0 Å². The highest BCUT2D eigenvalue weighted by molar-refractivity contribution is 8.18. The number of nitrogens with one attached hydrogen (secondary N) is 1. The molecule has 144 valence electrons. The molecule has 0 radical (unpaired) electrons. The van der Waals surface area contributed by atoms with Gasteiger partial charge in [-0.3, -0.25) is 19.3 Å². The van der Waals surface area contributed by atoms with Crippen LogP contribution in [0.4, 0.5) is 4.79 Å². The first kappa shape index (κ1) is 19.5. The molecule has 0 bridgehead atoms. The van der Waals surface area contributed by atoms with Crippen molar-refractivity contribution in [3.8, 4) is 5.75 Å². The molecule has 7 nitrogen and oxygen atoms in total. The van der Waals surface area contributed by atoms with Crippen LogP contribution >= 0.6 is 11.8 Å². The van der Waals surface area contributed by atoms with Crippen molar-refractivity contribution in [1.82, 2.24) is 10.2 Å². The summed E-state index contributed by atoms with van der Waals surface area (Å²) in [6.45, 7) is -0.0270. The standard InChI is InChI=1S/C20H18N2O5S/c1-26-15-9-7-14(8-10-15)12-21-18(23)13-22-19(24)17(28-20(22)25)6-2-4-16-5-3-11-27-16/h2-11H,12-13H2,1H3,(H,21,23)/b4-2+,17-6-. The number of rotatable bonds is 7. The van der Waals surface area contributed by atoms with E-state index in [0.717, 1.165) is 28.0 Å². The summed E-state index contributed by atoms with van der Waals surface area (Å²) in [4.78, 5) is 37.7. The van der Waals surface area contributed by atoms with E-state index in [4.69, 9.17) is 9.15 Å². The van der Waals surface area contributed by atoms with Crippen LogP contribution in [0, 0.1) is 0 Å². The van der Waals surface area contributed by atoms with Crippen LogP contribution in [0.15, 0.2) is 64.1 Å². The Labute approximate surface area is 166 Å². The minimum absolute atomic E-state index is 0.260. The van der Waals surface area contributed by atoms with E-state index in [0.29, 0.717) is 12.3 Å². The molecule has 1 N–H and O–H groups in total. The molecule has 1 saturated heterocycles. The van der Waals surface area contributed by atoms with E-state index < -0.39 is 17.1 Å². The van der Waals surface area contributed by atoms with Crippen LogP contribution < -0.4 is 10.1 Å². The first-order valence-corrected chi connectivity index (χ1v) is 9.23. The number of hydrogen-bond acceptors (Lipinski definition) is 6. The van der Waals surface area contributed by atoms with Gasteiger partial charge in [-0.2, -0.15) is 0 Å². The minimum Gasteiger partial charge on any atom is -0.497 e. The smallest absolute Gasteiger partial charge is 0.294 e. The Morgan fingerprint density at radius 2 is 2.04 bits per heavy atom. The summed E-state index contributed by atoms with van der Waals surface area (Å²) in [6, 6.07) is 10.7. The van der Waals surface area contributed by atoms with Crippen molar-refractivity contribution in [2.24, 2.45) is 0 Å². The van der Waals surface area contributed by atoms with Gasteiger partial charge in [-0.1, -0.05) is 18.2 Å². The normalized spacial score (nSPS) is 15.6. The van der Waals surface area contributed by atoms with E-state index in [1.54, 1.807) is 43.5 Å². The van der Waals surface area contributed by atoms with Crippen molar-refractivity contribution in [3.63, 3.8) is 0 Å². The second-order valence-electron chi connectivity index (χ2n) is 5.79. The van der Waals surface area contributed by atoms with Crippen LogP contribution in [0.5, 0.6) is 5.75 Å². The van der Waals surface area contributed by atoms with Gasteiger partial charge in [0.15, 0.2) is 0 Å². The topological polar surface area (TPSA) is 88.8 Å². The maximum absolute atomic E-state index is 12.4. The van der Waals surface area contributed by atoms with Gasteiger partial charge in [0, 0.05) is 6.54 Å². The molecule has 1 aromatic carbocycles. The third-order valence-corrected chi connectivity index (χ3v) is 4.80. The largest absolute Gasteiger partial charge is 0.497 e. The predicted octanol–water partition coefficient (Wildman–Crippen LogP) is 3.20. The van der Waals surface area contributed by atoms with Crippen molar-refractivity contribution in [2.75, 3.05) is 13.7 Å². The number of furan rings is 1. The zero-order valence-electron chi connectivity index (χ0n) is 15.1. The number of carbonyl (C=O) groups is 3. The highest BCUT2D eigenvalue weighted by Crippen LogP contribution is 2.30. The van der Waals surface area contributed by atoms with Crippen molar-refractivity contribution in [1.29, 1.82) is 0 Å². The van der Waals surface area contributed by atoms with E-state index in [9.17, 15) is 14.4 Å². The zero-order valence-corrected chi connectivity index (χ0v) is 15.9. The fourth-order valence-electron chi connectivity index (χ4n) is 2.41. The van der Waals surface area contributed by atoms with Crippen molar-refractivity contribution in [3.05, 3.63) is 71.0 Å². The molecule has 3 rings (SSSR count). The summed E-state index contributed by atoms with van der Waals surface area (Å²) in [5.74, 6) is 0.457. The van der Waals surface area contributed by atoms with E-state index in [2.05, 4.69) is 5.32 Å². The summed E-state index contributed by atoms with van der Waals surface area (Å²) in [7, 11) is 1.58. The number of nitrogens with zero attached hydrogens (tertiary/aromatic N) is 1. The Bertz CT molecular complexity index is 917. The number of benzene rings is 1.